The van der Waals surface area contributed by atoms with Crippen LogP contribution >= 0.6 is 0 Å². The zero-order chi connectivity index (χ0) is 17.3. The number of likely N-dealkylation sites (N-methyl/N-ethyl adjacent to an activating group) is 1. The fourth-order valence-electron chi connectivity index (χ4n) is 2.87. The van der Waals surface area contributed by atoms with Crippen molar-refractivity contribution in [1.82, 2.24) is 10.2 Å². The van der Waals surface area contributed by atoms with Crippen molar-refractivity contribution >= 4 is 5.91 Å². The number of benzene rings is 2. The van der Waals surface area contributed by atoms with E-state index in [1.54, 1.807) is 36.2 Å². The molecule has 3 rings (SSSR count). The molecule has 2 aromatic carbocycles. The number of amides is 1. The maximum Gasteiger partial charge on any atom is 0.253 e. The van der Waals surface area contributed by atoms with E-state index in [-0.39, 0.29) is 17.5 Å². The van der Waals surface area contributed by atoms with Gasteiger partial charge in [-0.1, -0.05) is 12.1 Å². The summed E-state index contributed by atoms with van der Waals surface area (Å²) in [6.07, 6.45) is 0.911. The van der Waals surface area contributed by atoms with Gasteiger partial charge >= 0.3 is 0 Å². The van der Waals surface area contributed by atoms with Crippen LogP contribution in [-0.4, -0.2) is 37.0 Å². The number of halogens is 3. The lowest BCUT2D eigenvalue weighted by molar-refractivity contribution is 0.0744. The van der Waals surface area contributed by atoms with Gasteiger partial charge in [-0.05, 0) is 48.4 Å². The van der Waals surface area contributed by atoms with Crippen LogP contribution in [-0.2, 0) is 0 Å². The molecule has 126 valence electrons. The predicted octanol–water partition coefficient (Wildman–Crippen LogP) is 3.20. The standard InChI is InChI=1S/C18H17F3N2O/c1-23(14-6-7-22-10-14)18(24)12-4-2-11(3-5-12)13-8-15(19)17(21)16(20)9-13/h2-5,8-9,14,22H,6-7,10H2,1H3. The molecule has 0 aliphatic carbocycles. The van der Waals surface area contributed by atoms with E-state index in [2.05, 4.69) is 5.32 Å². The highest BCUT2D eigenvalue weighted by Gasteiger charge is 2.24. The van der Waals surface area contributed by atoms with Gasteiger partial charge in [0, 0.05) is 25.2 Å². The summed E-state index contributed by atoms with van der Waals surface area (Å²) in [7, 11) is 1.76. The fraction of sp³-hybridized carbons (Fsp3) is 0.278. The zero-order valence-corrected chi connectivity index (χ0v) is 13.2. The van der Waals surface area contributed by atoms with Gasteiger partial charge < -0.3 is 10.2 Å². The Balaban J connectivity index is 1.81. The van der Waals surface area contributed by atoms with Gasteiger partial charge in [0.05, 0.1) is 0 Å². The summed E-state index contributed by atoms with van der Waals surface area (Å²) < 4.78 is 39.7. The maximum absolute atomic E-state index is 13.3. The monoisotopic (exact) mass is 334 g/mol. The van der Waals surface area contributed by atoms with Crippen LogP contribution in [0.15, 0.2) is 36.4 Å². The number of nitrogens with one attached hydrogen (secondary N) is 1. The maximum atomic E-state index is 13.3. The van der Waals surface area contributed by atoms with Crippen molar-refractivity contribution in [2.45, 2.75) is 12.5 Å². The molecule has 1 unspecified atom stereocenters. The highest BCUT2D eigenvalue weighted by molar-refractivity contribution is 5.94. The summed E-state index contributed by atoms with van der Waals surface area (Å²) in [5.74, 6) is -4.07. The Bertz CT molecular complexity index is 732. The molecule has 1 atom stereocenters. The molecular weight excluding hydrogens is 317 g/mol. The number of nitrogens with zero attached hydrogens (tertiary/aromatic N) is 1. The van der Waals surface area contributed by atoms with Crippen LogP contribution in [0.3, 0.4) is 0 Å². The number of hydrogen-bond donors (Lipinski definition) is 1. The summed E-state index contributed by atoms with van der Waals surface area (Å²) in [5.41, 5.74) is 1.23. The second kappa shape index (κ2) is 6.65. The molecule has 3 nitrogen and oxygen atoms in total. The Labute approximate surface area is 138 Å². The molecule has 24 heavy (non-hydrogen) atoms. The SMILES string of the molecule is CN(C(=O)c1ccc(-c2cc(F)c(F)c(F)c2)cc1)C1CCNC1. The normalized spacial score (nSPS) is 17.1. The second-order valence-electron chi connectivity index (χ2n) is 5.89. The largest absolute Gasteiger partial charge is 0.337 e. The highest BCUT2D eigenvalue weighted by atomic mass is 19.2. The van der Waals surface area contributed by atoms with Gasteiger partial charge in [0.1, 0.15) is 0 Å². The molecular formula is C18H17F3N2O. The minimum atomic E-state index is -1.49. The van der Waals surface area contributed by atoms with Crippen molar-refractivity contribution in [2.24, 2.45) is 0 Å². The molecule has 1 fully saturated rings. The summed E-state index contributed by atoms with van der Waals surface area (Å²) in [5, 5.41) is 3.21. The molecule has 0 saturated carbocycles. The van der Waals surface area contributed by atoms with E-state index < -0.39 is 17.5 Å². The van der Waals surface area contributed by atoms with Crippen molar-refractivity contribution in [1.29, 1.82) is 0 Å². The van der Waals surface area contributed by atoms with Crippen molar-refractivity contribution in [3.8, 4) is 11.1 Å². The van der Waals surface area contributed by atoms with Crippen LogP contribution in [0.1, 0.15) is 16.8 Å². The Morgan fingerprint density at radius 3 is 2.25 bits per heavy atom. The van der Waals surface area contributed by atoms with Gasteiger partial charge in [0.15, 0.2) is 17.5 Å². The molecule has 1 aliphatic heterocycles. The first-order valence-corrected chi connectivity index (χ1v) is 7.70. The minimum Gasteiger partial charge on any atom is -0.337 e. The fourth-order valence-corrected chi connectivity index (χ4v) is 2.87. The third-order valence-corrected chi connectivity index (χ3v) is 4.35. The lowest BCUT2D eigenvalue weighted by atomic mass is 10.0. The van der Waals surface area contributed by atoms with E-state index in [1.807, 2.05) is 0 Å². The van der Waals surface area contributed by atoms with Crippen LogP contribution in [0.5, 0.6) is 0 Å². The molecule has 1 aliphatic rings. The summed E-state index contributed by atoms with van der Waals surface area (Å²) in [6.45, 7) is 1.66. The van der Waals surface area contributed by atoms with Gasteiger partial charge in [-0.3, -0.25) is 4.79 Å². The average molecular weight is 334 g/mol. The average Bonchev–Trinajstić information content (AvgIpc) is 3.12. The van der Waals surface area contributed by atoms with Crippen molar-refractivity contribution in [2.75, 3.05) is 20.1 Å². The van der Waals surface area contributed by atoms with E-state index in [0.717, 1.165) is 31.6 Å². The number of rotatable bonds is 3. The third kappa shape index (κ3) is 3.14. The second-order valence-corrected chi connectivity index (χ2v) is 5.89. The van der Waals surface area contributed by atoms with Gasteiger partial charge in [-0.25, -0.2) is 13.2 Å². The lowest BCUT2D eigenvalue weighted by Gasteiger charge is -2.23. The molecule has 1 saturated heterocycles. The first-order chi connectivity index (χ1) is 11.5. The van der Waals surface area contributed by atoms with Crippen LogP contribution in [0.25, 0.3) is 11.1 Å². The molecule has 2 aromatic rings. The van der Waals surface area contributed by atoms with Gasteiger partial charge in [-0.2, -0.15) is 0 Å². The third-order valence-electron chi connectivity index (χ3n) is 4.35. The van der Waals surface area contributed by atoms with Crippen molar-refractivity contribution in [3.05, 3.63) is 59.4 Å². The van der Waals surface area contributed by atoms with Crippen LogP contribution < -0.4 is 5.32 Å². The Morgan fingerprint density at radius 2 is 1.71 bits per heavy atom. The molecule has 6 heteroatoms. The molecule has 0 aromatic heterocycles. The number of carbonyl (C=O) groups is 1. The molecule has 0 spiro atoms. The van der Waals surface area contributed by atoms with Crippen molar-refractivity contribution in [3.63, 3.8) is 0 Å². The van der Waals surface area contributed by atoms with Crippen molar-refractivity contribution < 1.29 is 18.0 Å². The lowest BCUT2D eigenvalue weighted by Crippen LogP contribution is -2.38. The molecule has 1 heterocycles. The smallest absolute Gasteiger partial charge is 0.253 e. The molecule has 1 N–H and O–H groups in total. The Morgan fingerprint density at radius 1 is 1.08 bits per heavy atom. The summed E-state index contributed by atoms with van der Waals surface area (Å²) in [6, 6.07) is 8.44. The number of carbonyl (C=O) groups excluding carboxylic acids is 1. The minimum absolute atomic E-state index is 0.105. The van der Waals surface area contributed by atoms with Crippen LogP contribution in [0, 0.1) is 17.5 Å². The Hall–Kier alpha value is -2.34. The van der Waals surface area contributed by atoms with E-state index in [1.165, 1.54) is 0 Å². The van der Waals surface area contributed by atoms with Gasteiger partial charge in [0.2, 0.25) is 0 Å². The molecule has 0 radical (unpaired) electrons. The topological polar surface area (TPSA) is 32.3 Å². The first kappa shape index (κ1) is 16.5. The predicted molar refractivity (Wildman–Crippen MR) is 85.1 cm³/mol. The Kier molecular flexibility index (Phi) is 4.57. The summed E-state index contributed by atoms with van der Waals surface area (Å²) >= 11 is 0. The number of hydrogen-bond acceptors (Lipinski definition) is 2. The van der Waals surface area contributed by atoms with Crippen LogP contribution in [0.4, 0.5) is 13.2 Å². The quantitative estimate of drug-likeness (QED) is 0.874. The van der Waals surface area contributed by atoms with E-state index in [9.17, 15) is 18.0 Å². The molecule has 0 bridgehead atoms. The molecule has 1 amide bonds. The van der Waals surface area contributed by atoms with Gasteiger partial charge in [0.25, 0.3) is 5.91 Å². The summed E-state index contributed by atoms with van der Waals surface area (Å²) in [4.78, 5) is 14.2. The zero-order valence-electron chi connectivity index (χ0n) is 13.2. The van der Waals surface area contributed by atoms with E-state index in [0.29, 0.717) is 11.1 Å². The van der Waals surface area contributed by atoms with Crippen LogP contribution in [0.2, 0.25) is 0 Å². The van der Waals surface area contributed by atoms with E-state index in [4.69, 9.17) is 0 Å². The first-order valence-electron chi connectivity index (χ1n) is 7.70. The highest BCUT2D eigenvalue weighted by Crippen LogP contribution is 2.24. The van der Waals surface area contributed by atoms with Gasteiger partial charge in [-0.15, -0.1) is 0 Å². The van der Waals surface area contributed by atoms with E-state index >= 15 is 0 Å².